The molecule has 0 spiro atoms. The van der Waals surface area contributed by atoms with E-state index in [2.05, 4.69) is 20.3 Å². The number of nitrogens with zero attached hydrogens (tertiary/aromatic N) is 3. The molecule has 0 amide bonds. The number of anilines is 1. The number of benzene rings is 2. The Hall–Kier alpha value is -3.22. The highest BCUT2D eigenvalue weighted by Crippen LogP contribution is 2.19. The van der Waals surface area contributed by atoms with Gasteiger partial charge in [-0.3, -0.25) is 0 Å². The van der Waals surface area contributed by atoms with Crippen LogP contribution in [0.4, 0.5) is 10.1 Å². The molecule has 6 nitrogen and oxygen atoms in total. The summed E-state index contributed by atoms with van der Waals surface area (Å²) in [5.74, 6) is 0.116. The Morgan fingerprint density at radius 3 is 2.64 bits per heavy atom. The van der Waals surface area contributed by atoms with Gasteiger partial charge in [-0.25, -0.2) is 9.18 Å². The normalized spacial score (nSPS) is 10.5. The third-order valence-electron chi connectivity index (χ3n) is 3.82. The fourth-order valence-electron chi connectivity index (χ4n) is 2.44. The smallest absolute Gasteiger partial charge is 0.340 e. The summed E-state index contributed by atoms with van der Waals surface area (Å²) in [6, 6.07) is 14.0. The number of esters is 1. The van der Waals surface area contributed by atoms with Crippen molar-refractivity contribution in [3.63, 3.8) is 0 Å². The lowest BCUT2D eigenvalue weighted by molar-refractivity contribution is 0.0595. The van der Waals surface area contributed by atoms with Crippen molar-refractivity contribution in [1.29, 1.82) is 0 Å². The number of methoxy groups -OCH3 is 1. The molecule has 0 saturated heterocycles. The van der Waals surface area contributed by atoms with Gasteiger partial charge in [0.2, 0.25) is 0 Å². The largest absolute Gasteiger partial charge is 0.465 e. The maximum absolute atomic E-state index is 13.9. The van der Waals surface area contributed by atoms with Gasteiger partial charge in [-0.15, -0.1) is 10.2 Å². The molecule has 0 aliphatic rings. The Labute approximate surface area is 144 Å². The number of aromatic nitrogens is 3. The van der Waals surface area contributed by atoms with Crippen LogP contribution in [0.1, 0.15) is 16.2 Å². The molecule has 0 radical (unpaired) electrons. The Morgan fingerprint density at radius 2 is 1.96 bits per heavy atom. The van der Waals surface area contributed by atoms with Crippen molar-refractivity contribution < 1.29 is 13.9 Å². The van der Waals surface area contributed by atoms with Crippen LogP contribution in [0.15, 0.2) is 48.5 Å². The maximum Gasteiger partial charge on any atom is 0.340 e. The van der Waals surface area contributed by atoms with Gasteiger partial charge in [-0.05, 0) is 18.2 Å². The number of halogens is 1. The second kappa shape index (κ2) is 7.12. The molecule has 128 valence electrons. The first-order chi connectivity index (χ1) is 12.1. The third kappa shape index (κ3) is 3.50. The highest BCUT2D eigenvalue weighted by atomic mass is 19.1. The third-order valence-corrected chi connectivity index (χ3v) is 3.82. The first kappa shape index (κ1) is 16.6. The Kier molecular flexibility index (Phi) is 4.74. The summed E-state index contributed by atoms with van der Waals surface area (Å²) in [5.41, 5.74) is 1.41. The van der Waals surface area contributed by atoms with E-state index in [1.807, 2.05) is 41.9 Å². The number of hydrogen-bond donors (Lipinski definition) is 1. The van der Waals surface area contributed by atoms with Gasteiger partial charge >= 0.3 is 5.97 Å². The van der Waals surface area contributed by atoms with Crippen molar-refractivity contribution in [3.05, 3.63) is 65.7 Å². The molecule has 1 aromatic heterocycles. The molecule has 0 aliphatic heterocycles. The van der Waals surface area contributed by atoms with Crippen LogP contribution in [0.3, 0.4) is 0 Å². The number of rotatable bonds is 5. The number of carbonyl (C=O) groups is 1. The second-order valence-corrected chi connectivity index (χ2v) is 5.40. The summed E-state index contributed by atoms with van der Waals surface area (Å²) in [6.45, 7) is 0.368. The minimum Gasteiger partial charge on any atom is -0.465 e. The van der Waals surface area contributed by atoms with Crippen molar-refractivity contribution in [3.8, 4) is 11.4 Å². The lowest BCUT2D eigenvalue weighted by atomic mass is 10.2. The lowest BCUT2D eigenvalue weighted by Gasteiger charge is -2.08. The maximum atomic E-state index is 13.9. The Balaban J connectivity index is 1.73. The summed E-state index contributed by atoms with van der Waals surface area (Å²) in [5, 5.41) is 11.4. The molecule has 2 aromatic carbocycles. The monoisotopic (exact) mass is 340 g/mol. The zero-order chi connectivity index (χ0) is 17.8. The predicted octanol–water partition coefficient (Wildman–Crippen LogP) is 3.02. The van der Waals surface area contributed by atoms with E-state index < -0.39 is 11.8 Å². The molecule has 0 saturated carbocycles. The summed E-state index contributed by atoms with van der Waals surface area (Å²) in [7, 11) is 3.09. The molecule has 1 heterocycles. The molecule has 3 aromatic rings. The fraction of sp³-hybridized carbons (Fsp3) is 0.167. The van der Waals surface area contributed by atoms with Crippen LogP contribution in [0.25, 0.3) is 11.4 Å². The van der Waals surface area contributed by atoms with Crippen molar-refractivity contribution >= 4 is 11.7 Å². The molecular formula is C18H17FN4O2. The lowest BCUT2D eigenvalue weighted by Crippen LogP contribution is -2.08. The zero-order valence-corrected chi connectivity index (χ0v) is 13.9. The molecular weight excluding hydrogens is 323 g/mol. The summed E-state index contributed by atoms with van der Waals surface area (Å²) >= 11 is 0. The quantitative estimate of drug-likeness (QED) is 0.723. The first-order valence-corrected chi connectivity index (χ1v) is 7.65. The molecule has 0 aliphatic carbocycles. The molecule has 0 atom stereocenters. The summed E-state index contributed by atoms with van der Waals surface area (Å²) in [6.07, 6.45) is 0. The van der Waals surface area contributed by atoms with Crippen LogP contribution in [-0.4, -0.2) is 27.8 Å². The average Bonchev–Trinajstić information content (AvgIpc) is 3.01. The van der Waals surface area contributed by atoms with E-state index in [1.54, 1.807) is 6.07 Å². The minimum absolute atomic E-state index is 0.0990. The minimum atomic E-state index is -0.704. The van der Waals surface area contributed by atoms with Gasteiger partial charge in [0.15, 0.2) is 11.6 Å². The fourth-order valence-corrected chi connectivity index (χ4v) is 2.44. The van der Waals surface area contributed by atoms with E-state index in [0.717, 1.165) is 11.4 Å². The molecule has 25 heavy (non-hydrogen) atoms. The van der Waals surface area contributed by atoms with E-state index in [0.29, 0.717) is 18.1 Å². The van der Waals surface area contributed by atoms with Crippen molar-refractivity contribution in [2.24, 2.45) is 7.05 Å². The summed E-state index contributed by atoms with van der Waals surface area (Å²) in [4.78, 5) is 11.4. The van der Waals surface area contributed by atoms with Gasteiger partial charge in [0, 0.05) is 18.3 Å². The van der Waals surface area contributed by atoms with Crippen LogP contribution in [0.5, 0.6) is 0 Å². The van der Waals surface area contributed by atoms with Gasteiger partial charge in [0.1, 0.15) is 5.82 Å². The van der Waals surface area contributed by atoms with Crippen LogP contribution in [0.2, 0.25) is 0 Å². The van der Waals surface area contributed by atoms with E-state index >= 15 is 0 Å². The van der Waals surface area contributed by atoms with Crippen molar-refractivity contribution in [2.45, 2.75) is 6.54 Å². The highest BCUT2D eigenvalue weighted by molar-refractivity contribution is 5.90. The van der Waals surface area contributed by atoms with Gasteiger partial charge in [0.25, 0.3) is 0 Å². The van der Waals surface area contributed by atoms with Crippen LogP contribution in [-0.2, 0) is 18.3 Å². The SMILES string of the molecule is COC(=O)c1ccc(NCc2nnc(-c3ccccc3)n2C)cc1F. The Bertz CT molecular complexity index is 893. The van der Waals surface area contributed by atoms with E-state index in [4.69, 9.17) is 0 Å². The van der Waals surface area contributed by atoms with Crippen LogP contribution in [0, 0.1) is 5.82 Å². The van der Waals surface area contributed by atoms with Gasteiger partial charge in [0.05, 0.1) is 19.2 Å². The van der Waals surface area contributed by atoms with Crippen LogP contribution >= 0.6 is 0 Å². The Morgan fingerprint density at radius 1 is 1.20 bits per heavy atom. The van der Waals surface area contributed by atoms with Gasteiger partial charge in [-0.1, -0.05) is 30.3 Å². The van der Waals surface area contributed by atoms with Crippen molar-refractivity contribution in [1.82, 2.24) is 14.8 Å². The molecule has 0 unspecified atom stereocenters. The van der Waals surface area contributed by atoms with E-state index in [1.165, 1.54) is 19.2 Å². The first-order valence-electron chi connectivity index (χ1n) is 7.65. The molecule has 7 heteroatoms. The van der Waals surface area contributed by atoms with Crippen LogP contribution < -0.4 is 5.32 Å². The molecule has 1 N–H and O–H groups in total. The topological polar surface area (TPSA) is 69.0 Å². The second-order valence-electron chi connectivity index (χ2n) is 5.40. The number of hydrogen-bond acceptors (Lipinski definition) is 5. The van der Waals surface area contributed by atoms with Gasteiger partial charge < -0.3 is 14.6 Å². The van der Waals surface area contributed by atoms with Gasteiger partial charge in [-0.2, -0.15) is 0 Å². The molecule has 3 rings (SSSR count). The zero-order valence-electron chi connectivity index (χ0n) is 13.9. The molecule has 0 bridgehead atoms. The van der Waals surface area contributed by atoms with E-state index in [-0.39, 0.29) is 5.56 Å². The number of nitrogens with one attached hydrogen (secondary N) is 1. The number of carbonyl (C=O) groups excluding carboxylic acids is 1. The average molecular weight is 340 g/mol. The predicted molar refractivity (Wildman–Crippen MR) is 91.5 cm³/mol. The standard InChI is InChI=1S/C18H17FN4O2/c1-23-16(21-22-17(23)12-6-4-3-5-7-12)11-20-13-8-9-14(15(19)10-13)18(24)25-2/h3-10,20H,11H2,1-2H3. The number of ether oxygens (including phenoxy) is 1. The summed E-state index contributed by atoms with van der Waals surface area (Å²) < 4.78 is 20.3. The van der Waals surface area contributed by atoms with E-state index in [9.17, 15) is 9.18 Å². The van der Waals surface area contributed by atoms with Crippen molar-refractivity contribution in [2.75, 3.05) is 12.4 Å². The highest BCUT2D eigenvalue weighted by Gasteiger charge is 2.13. The molecule has 0 fully saturated rings.